The number of hydrogen-bond acceptors (Lipinski definition) is 3. The van der Waals surface area contributed by atoms with Crippen LogP contribution < -0.4 is 5.73 Å². The molecule has 0 saturated carbocycles. The van der Waals surface area contributed by atoms with E-state index in [2.05, 4.69) is 24.6 Å². The van der Waals surface area contributed by atoms with Crippen molar-refractivity contribution in [2.45, 2.75) is 39.3 Å². The number of pyridine rings is 1. The SMILES string of the molecule is Cc1nc2c(ccn2COCC[Si](C)(C)C)cc1N. The molecule has 4 nitrogen and oxygen atoms in total. The maximum Gasteiger partial charge on any atom is 0.142 e. The van der Waals surface area contributed by atoms with Crippen molar-refractivity contribution in [1.82, 2.24) is 9.55 Å². The summed E-state index contributed by atoms with van der Waals surface area (Å²) in [6.07, 6.45) is 2.01. The lowest BCUT2D eigenvalue weighted by atomic mass is 10.2. The quantitative estimate of drug-likeness (QED) is 0.674. The number of aromatic nitrogens is 2. The maximum absolute atomic E-state index is 5.87. The van der Waals surface area contributed by atoms with Gasteiger partial charge in [-0.3, -0.25) is 0 Å². The summed E-state index contributed by atoms with van der Waals surface area (Å²) in [6.45, 7) is 10.4. The molecule has 0 aliphatic carbocycles. The zero-order valence-electron chi connectivity index (χ0n) is 12.2. The van der Waals surface area contributed by atoms with Crippen LogP contribution in [0.2, 0.25) is 25.7 Å². The summed E-state index contributed by atoms with van der Waals surface area (Å²) in [7, 11) is -1.02. The second kappa shape index (κ2) is 5.34. The van der Waals surface area contributed by atoms with Gasteiger partial charge in [-0.2, -0.15) is 0 Å². The molecule has 0 aliphatic rings. The van der Waals surface area contributed by atoms with Crippen molar-refractivity contribution in [2.75, 3.05) is 12.3 Å². The first kappa shape index (κ1) is 14.1. The average Bonchev–Trinajstić information content (AvgIpc) is 2.67. The Morgan fingerprint density at radius 3 is 2.79 bits per heavy atom. The summed E-state index contributed by atoms with van der Waals surface area (Å²) in [5.41, 5.74) is 8.42. The summed E-state index contributed by atoms with van der Waals surface area (Å²) >= 11 is 0. The Balaban J connectivity index is 2.03. The van der Waals surface area contributed by atoms with Crippen molar-refractivity contribution in [1.29, 1.82) is 0 Å². The molecule has 0 aromatic carbocycles. The first-order chi connectivity index (χ1) is 8.87. The van der Waals surface area contributed by atoms with Crippen LogP contribution in [0.5, 0.6) is 0 Å². The summed E-state index contributed by atoms with van der Waals surface area (Å²) < 4.78 is 7.79. The molecule has 2 heterocycles. The van der Waals surface area contributed by atoms with Gasteiger partial charge in [0.1, 0.15) is 12.4 Å². The second-order valence-electron chi connectivity index (χ2n) is 6.21. The van der Waals surface area contributed by atoms with Crippen LogP contribution in [-0.4, -0.2) is 24.2 Å². The van der Waals surface area contributed by atoms with Crippen LogP contribution in [-0.2, 0) is 11.5 Å². The Hall–Kier alpha value is -1.33. The fraction of sp³-hybridized carbons (Fsp3) is 0.500. The van der Waals surface area contributed by atoms with Gasteiger partial charge < -0.3 is 15.0 Å². The molecule has 0 amide bonds. The monoisotopic (exact) mass is 277 g/mol. The van der Waals surface area contributed by atoms with Crippen molar-refractivity contribution in [3.63, 3.8) is 0 Å². The van der Waals surface area contributed by atoms with Crippen molar-refractivity contribution < 1.29 is 4.74 Å². The van der Waals surface area contributed by atoms with Gasteiger partial charge in [-0.05, 0) is 25.1 Å². The van der Waals surface area contributed by atoms with E-state index >= 15 is 0 Å². The fourth-order valence-electron chi connectivity index (χ4n) is 1.86. The molecule has 2 aromatic heterocycles. The number of anilines is 1. The Morgan fingerprint density at radius 2 is 2.11 bits per heavy atom. The Kier molecular flexibility index (Phi) is 3.96. The molecule has 19 heavy (non-hydrogen) atoms. The van der Waals surface area contributed by atoms with Gasteiger partial charge in [0, 0.05) is 26.3 Å². The van der Waals surface area contributed by atoms with E-state index < -0.39 is 8.07 Å². The zero-order chi connectivity index (χ0) is 14.0. The predicted octanol–water partition coefficient (Wildman–Crippen LogP) is 3.24. The first-order valence-corrected chi connectivity index (χ1v) is 10.4. The molecule has 2 rings (SSSR count). The highest BCUT2D eigenvalue weighted by atomic mass is 28.3. The average molecular weight is 277 g/mol. The van der Waals surface area contributed by atoms with Crippen LogP contribution in [0, 0.1) is 6.92 Å². The highest BCUT2D eigenvalue weighted by Gasteiger charge is 2.12. The van der Waals surface area contributed by atoms with E-state index in [-0.39, 0.29) is 0 Å². The van der Waals surface area contributed by atoms with E-state index in [1.165, 1.54) is 6.04 Å². The van der Waals surface area contributed by atoms with Gasteiger partial charge in [0.15, 0.2) is 0 Å². The predicted molar refractivity (Wildman–Crippen MR) is 83.0 cm³/mol. The van der Waals surface area contributed by atoms with E-state index in [9.17, 15) is 0 Å². The minimum Gasteiger partial charge on any atom is -0.397 e. The zero-order valence-corrected chi connectivity index (χ0v) is 13.2. The number of ether oxygens (including phenoxy) is 1. The summed E-state index contributed by atoms with van der Waals surface area (Å²) in [5, 5.41) is 1.07. The van der Waals surface area contributed by atoms with Crippen LogP contribution in [0.3, 0.4) is 0 Å². The van der Waals surface area contributed by atoms with E-state index in [0.29, 0.717) is 6.73 Å². The van der Waals surface area contributed by atoms with Crippen molar-refractivity contribution >= 4 is 24.8 Å². The Labute approximate surface area is 115 Å². The van der Waals surface area contributed by atoms with Gasteiger partial charge in [0.05, 0.1) is 11.4 Å². The largest absolute Gasteiger partial charge is 0.397 e. The molecule has 0 radical (unpaired) electrons. The lowest BCUT2D eigenvalue weighted by Gasteiger charge is -2.15. The Bertz CT molecular complexity index is 572. The number of nitrogens with two attached hydrogens (primary N) is 1. The number of rotatable bonds is 5. The molecule has 2 aromatic rings. The highest BCUT2D eigenvalue weighted by Crippen LogP contribution is 2.19. The van der Waals surface area contributed by atoms with Crippen molar-refractivity contribution in [3.8, 4) is 0 Å². The molecule has 0 unspecified atom stereocenters. The number of hydrogen-bond donors (Lipinski definition) is 1. The highest BCUT2D eigenvalue weighted by molar-refractivity contribution is 6.76. The standard InChI is InChI=1S/C14H23N3OSi/c1-11-13(15)9-12-5-6-17(14(12)16-11)10-18-7-8-19(2,3)4/h5-6,9H,7-8,10,15H2,1-4H3. The van der Waals surface area contributed by atoms with E-state index in [1.807, 2.05) is 29.8 Å². The van der Waals surface area contributed by atoms with E-state index in [0.717, 1.165) is 29.0 Å². The molecule has 0 spiro atoms. The van der Waals surface area contributed by atoms with E-state index in [4.69, 9.17) is 10.5 Å². The molecule has 104 valence electrons. The van der Waals surface area contributed by atoms with Gasteiger partial charge in [0.2, 0.25) is 0 Å². The third-order valence-electron chi connectivity index (χ3n) is 3.19. The molecule has 0 aliphatic heterocycles. The van der Waals surface area contributed by atoms with Gasteiger partial charge >= 0.3 is 0 Å². The smallest absolute Gasteiger partial charge is 0.142 e. The van der Waals surface area contributed by atoms with E-state index in [1.54, 1.807) is 0 Å². The summed E-state index contributed by atoms with van der Waals surface area (Å²) in [4.78, 5) is 4.53. The number of aryl methyl sites for hydroxylation is 1. The molecule has 0 fully saturated rings. The van der Waals surface area contributed by atoms with Crippen LogP contribution in [0.1, 0.15) is 5.69 Å². The van der Waals surface area contributed by atoms with Crippen molar-refractivity contribution in [2.24, 2.45) is 0 Å². The molecule has 0 bridgehead atoms. The summed E-state index contributed by atoms with van der Waals surface area (Å²) in [5.74, 6) is 0. The molecule has 5 heteroatoms. The topological polar surface area (TPSA) is 53.1 Å². The third kappa shape index (κ3) is 3.58. The number of fused-ring (bicyclic) bond motifs is 1. The summed E-state index contributed by atoms with van der Waals surface area (Å²) in [6, 6.07) is 5.18. The van der Waals surface area contributed by atoms with Crippen molar-refractivity contribution in [3.05, 3.63) is 24.0 Å². The second-order valence-corrected chi connectivity index (χ2v) is 11.8. The van der Waals surface area contributed by atoms with Gasteiger partial charge in [0.25, 0.3) is 0 Å². The van der Waals surface area contributed by atoms with Gasteiger partial charge in [-0.15, -0.1) is 0 Å². The Morgan fingerprint density at radius 1 is 1.37 bits per heavy atom. The molecular formula is C14H23N3OSi. The normalized spacial score (nSPS) is 12.2. The number of nitrogen functional groups attached to an aromatic ring is 1. The van der Waals surface area contributed by atoms with Crippen LogP contribution in [0.4, 0.5) is 5.69 Å². The first-order valence-electron chi connectivity index (χ1n) is 6.66. The lowest BCUT2D eigenvalue weighted by Crippen LogP contribution is -2.22. The molecule has 0 atom stereocenters. The number of nitrogens with zero attached hydrogens (tertiary/aromatic N) is 2. The lowest BCUT2D eigenvalue weighted by molar-refractivity contribution is 0.0899. The van der Waals surface area contributed by atoms with Gasteiger partial charge in [-0.1, -0.05) is 19.6 Å². The minimum atomic E-state index is -1.02. The maximum atomic E-state index is 5.87. The van der Waals surface area contributed by atoms with Crippen LogP contribution in [0.25, 0.3) is 11.0 Å². The minimum absolute atomic E-state index is 0.560. The third-order valence-corrected chi connectivity index (χ3v) is 4.90. The molecule has 0 saturated heterocycles. The molecule has 2 N–H and O–H groups in total. The molecular weight excluding hydrogens is 254 g/mol. The van der Waals surface area contributed by atoms with Crippen LogP contribution in [0.15, 0.2) is 18.3 Å². The van der Waals surface area contributed by atoms with Crippen LogP contribution >= 0.6 is 0 Å². The fourth-order valence-corrected chi connectivity index (χ4v) is 2.62. The van der Waals surface area contributed by atoms with Gasteiger partial charge in [-0.25, -0.2) is 4.98 Å².